The van der Waals surface area contributed by atoms with E-state index in [2.05, 4.69) is 10.1 Å². The molecule has 0 saturated carbocycles. The Morgan fingerprint density at radius 2 is 1.94 bits per heavy atom. The maximum atomic E-state index is 13.2. The van der Waals surface area contributed by atoms with Crippen LogP contribution >= 0.6 is 23.4 Å². The fourth-order valence-electron chi connectivity index (χ4n) is 3.66. The monoisotopic (exact) mass is 447 g/mol. The van der Waals surface area contributed by atoms with Gasteiger partial charge in [0.25, 0.3) is 5.91 Å². The van der Waals surface area contributed by atoms with Gasteiger partial charge in [-0.15, -0.1) is 11.8 Å². The molecule has 1 atom stereocenters. The maximum absolute atomic E-state index is 13.2. The van der Waals surface area contributed by atoms with Crippen molar-refractivity contribution in [2.45, 2.75) is 17.4 Å². The second kappa shape index (κ2) is 8.57. The summed E-state index contributed by atoms with van der Waals surface area (Å²) in [5, 5.41) is 7.94. The minimum Gasteiger partial charge on any atom is -0.467 e. The van der Waals surface area contributed by atoms with E-state index >= 15 is 0 Å². The number of carbonyl (C=O) groups is 1. The highest BCUT2D eigenvalue weighted by molar-refractivity contribution is 8.00. The minimum absolute atomic E-state index is 0.0803. The van der Waals surface area contributed by atoms with Crippen LogP contribution in [0.3, 0.4) is 0 Å². The third kappa shape index (κ3) is 4.09. The van der Waals surface area contributed by atoms with Gasteiger partial charge >= 0.3 is 0 Å². The first-order valence-electron chi connectivity index (χ1n) is 9.84. The number of fused-ring (bicyclic) bond motifs is 1. The topological polar surface area (TPSA) is 58.7 Å². The van der Waals surface area contributed by atoms with Gasteiger partial charge in [-0.25, -0.2) is 5.01 Å². The van der Waals surface area contributed by atoms with Crippen molar-refractivity contribution in [3.8, 4) is 0 Å². The van der Waals surface area contributed by atoms with Crippen LogP contribution in [0.5, 0.6) is 0 Å². The number of hydrogen-bond acceptors (Lipinski definition) is 5. The summed E-state index contributed by atoms with van der Waals surface area (Å²) in [6.45, 7) is 0. The molecular formula is C24H18ClN3O2S. The summed E-state index contributed by atoms with van der Waals surface area (Å²) >= 11 is 7.49. The number of aromatic nitrogens is 1. The summed E-state index contributed by atoms with van der Waals surface area (Å²) in [6, 6.07) is 20.9. The molecule has 4 aromatic rings. The van der Waals surface area contributed by atoms with Crippen molar-refractivity contribution >= 4 is 45.9 Å². The van der Waals surface area contributed by atoms with Gasteiger partial charge in [0, 0.05) is 27.9 Å². The highest BCUT2D eigenvalue weighted by Gasteiger charge is 2.34. The van der Waals surface area contributed by atoms with Gasteiger partial charge in [0.2, 0.25) is 0 Å². The Kier molecular flexibility index (Phi) is 5.49. The van der Waals surface area contributed by atoms with Crippen molar-refractivity contribution in [2.75, 3.05) is 5.75 Å². The normalized spacial score (nSPS) is 16.0. The van der Waals surface area contributed by atoms with Crippen molar-refractivity contribution in [1.29, 1.82) is 0 Å². The van der Waals surface area contributed by atoms with Crippen LogP contribution in [0.25, 0.3) is 10.9 Å². The first kappa shape index (κ1) is 19.8. The van der Waals surface area contributed by atoms with Gasteiger partial charge in [-0.2, -0.15) is 5.10 Å². The largest absolute Gasteiger partial charge is 0.467 e. The van der Waals surface area contributed by atoms with Crippen molar-refractivity contribution in [2.24, 2.45) is 5.10 Å². The number of furan rings is 1. The summed E-state index contributed by atoms with van der Waals surface area (Å²) in [7, 11) is 0. The van der Waals surface area contributed by atoms with Crippen molar-refractivity contribution in [3.63, 3.8) is 0 Å². The standard InChI is InChI=1S/C24H18ClN3O2S/c25-18-10-8-16(9-11-18)19-14-20(21-6-3-13-30-21)28(27-19)23(29)15-31-22-7-1-4-17-5-2-12-26-24(17)22/h1-13,20H,14-15H2. The average Bonchev–Trinajstić information content (AvgIpc) is 3.48. The van der Waals surface area contributed by atoms with Crippen LogP contribution in [0.4, 0.5) is 0 Å². The molecule has 0 aliphatic carbocycles. The molecule has 5 rings (SSSR count). The van der Waals surface area contributed by atoms with Crippen LogP contribution in [-0.4, -0.2) is 27.4 Å². The number of para-hydroxylation sites is 1. The van der Waals surface area contributed by atoms with Crippen LogP contribution in [-0.2, 0) is 4.79 Å². The molecule has 1 amide bonds. The number of benzene rings is 2. The molecule has 3 heterocycles. The fraction of sp³-hybridized carbons (Fsp3) is 0.125. The lowest BCUT2D eigenvalue weighted by atomic mass is 10.0. The predicted molar refractivity (Wildman–Crippen MR) is 123 cm³/mol. The maximum Gasteiger partial charge on any atom is 0.253 e. The van der Waals surface area contributed by atoms with E-state index in [0.717, 1.165) is 32.8 Å². The summed E-state index contributed by atoms with van der Waals surface area (Å²) < 4.78 is 5.62. The van der Waals surface area contributed by atoms with E-state index in [1.54, 1.807) is 17.5 Å². The van der Waals surface area contributed by atoms with Crippen LogP contribution in [0.1, 0.15) is 23.8 Å². The first-order valence-corrected chi connectivity index (χ1v) is 11.2. The zero-order valence-electron chi connectivity index (χ0n) is 16.4. The Morgan fingerprint density at radius 1 is 1.10 bits per heavy atom. The highest BCUT2D eigenvalue weighted by Crippen LogP contribution is 2.35. The van der Waals surface area contributed by atoms with E-state index < -0.39 is 0 Å². The molecule has 1 aliphatic heterocycles. The van der Waals surface area contributed by atoms with Crippen molar-refractivity contribution in [1.82, 2.24) is 9.99 Å². The van der Waals surface area contributed by atoms with E-state index in [4.69, 9.17) is 16.0 Å². The quantitative estimate of drug-likeness (QED) is 0.354. The lowest BCUT2D eigenvalue weighted by Gasteiger charge is -2.19. The molecule has 2 aromatic carbocycles. The molecule has 31 heavy (non-hydrogen) atoms. The molecule has 0 fully saturated rings. The van der Waals surface area contributed by atoms with Crippen LogP contribution in [0.15, 0.2) is 93.6 Å². The number of hydrazone groups is 1. The lowest BCUT2D eigenvalue weighted by molar-refractivity contribution is -0.130. The molecule has 0 bridgehead atoms. The Balaban J connectivity index is 1.39. The lowest BCUT2D eigenvalue weighted by Crippen LogP contribution is -2.28. The Labute approximate surface area is 188 Å². The number of amides is 1. The number of thioether (sulfide) groups is 1. The number of hydrogen-bond donors (Lipinski definition) is 0. The van der Waals surface area contributed by atoms with Gasteiger partial charge in [-0.3, -0.25) is 9.78 Å². The molecule has 0 spiro atoms. The molecule has 2 aromatic heterocycles. The van der Waals surface area contributed by atoms with E-state index in [1.165, 1.54) is 11.8 Å². The summed E-state index contributed by atoms with van der Waals surface area (Å²) in [5.74, 6) is 0.894. The van der Waals surface area contributed by atoms with Gasteiger partial charge in [0.05, 0.1) is 23.2 Å². The van der Waals surface area contributed by atoms with Gasteiger partial charge in [0.15, 0.2) is 0 Å². The Morgan fingerprint density at radius 3 is 2.74 bits per heavy atom. The van der Waals surface area contributed by atoms with E-state index in [1.807, 2.05) is 66.7 Å². The summed E-state index contributed by atoms with van der Waals surface area (Å²) in [6.07, 6.45) is 3.97. The smallest absolute Gasteiger partial charge is 0.253 e. The molecule has 1 unspecified atom stereocenters. The van der Waals surface area contributed by atoms with Crippen LogP contribution in [0.2, 0.25) is 5.02 Å². The fourth-order valence-corrected chi connectivity index (χ4v) is 4.68. The minimum atomic E-state index is -0.264. The SMILES string of the molecule is O=C(CSc1cccc2cccnc12)N1N=C(c2ccc(Cl)cc2)CC1c1ccco1. The number of pyridine rings is 1. The molecule has 7 heteroatoms. The molecule has 1 aliphatic rings. The highest BCUT2D eigenvalue weighted by atomic mass is 35.5. The molecule has 5 nitrogen and oxygen atoms in total. The van der Waals surface area contributed by atoms with E-state index in [-0.39, 0.29) is 17.7 Å². The number of carbonyl (C=O) groups excluding carboxylic acids is 1. The van der Waals surface area contributed by atoms with Crippen molar-refractivity contribution in [3.05, 3.63) is 95.5 Å². The molecule has 0 radical (unpaired) electrons. The van der Waals surface area contributed by atoms with Crippen molar-refractivity contribution < 1.29 is 9.21 Å². The summed E-state index contributed by atoms with van der Waals surface area (Å²) in [4.78, 5) is 18.7. The van der Waals surface area contributed by atoms with Gasteiger partial charge in [0.1, 0.15) is 11.8 Å². The Bertz CT molecular complexity index is 1250. The zero-order valence-corrected chi connectivity index (χ0v) is 18.0. The molecule has 0 N–H and O–H groups in total. The third-order valence-corrected chi connectivity index (χ3v) is 6.45. The van der Waals surface area contributed by atoms with Crippen LogP contribution < -0.4 is 0 Å². The van der Waals surface area contributed by atoms with E-state index in [0.29, 0.717) is 11.4 Å². The van der Waals surface area contributed by atoms with E-state index in [9.17, 15) is 4.79 Å². The molecular weight excluding hydrogens is 430 g/mol. The molecule has 154 valence electrons. The number of rotatable bonds is 5. The third-order valence-electron chi connectivity index (χ3n) is 5.16. The van der Waals surface area contributed by atoms with Crippen LogP contribution in [0, 0.1) is 0 Å². The predicted octanol–water partition coefficient (Wildman–Crippen LogP) is 5.95. The Hall–Kier alpha value is -3.09. The first-order chi connectivity index (χ1) is 15.2. The second-order valence-electron chi connectivity index (χ2n) is 7.15. The summed E-state index contributed by atoms with van der Waals surface area (Å²) in [5.41, 5.74) is 2.68. The average molecular weight is 448 g/mol. The number of halogens is 1. The van der Waals surface area contributed by atoms with Gasteiger partial charge in [-0.05, 0) is 42.0 Å². The molecule has 0 saturated heterocycles. The van der Waals surface area contributed by atoms with Gasteiger partial charge in [-0.1, -0.05) is 41.9 Å². The number of nitrogens with zero attached hydrogens (tertiary/aromatic N) is 3. The second-order valence-corrected chi connectivity index (χ2v) is 8.60. The van der Waals surface area contributed by atoms with Gasteiger partial charge < -0.3 is 4.42 Å². The zero-order chi connectivity index (χ0) is 21.2.